The molecule has 0 aromatic rings. The highest BCUT2D eigenvalue weighted by molar-refractivity contribution is 5.79. The Hall–Kier alpha value is -0.610. The molecule has 0 bridgehead atoms. The van der Waals surface area contributed by atoms with Crippen LogP contribution in [0.15, 0.2) is 0 Å². The average molecular weight is 270 g/mol. The van der Waals surface area contributed by atoms with Crippen LogP contribution < -0.4 is 11.1 Å². The third-order valence-corrected chi connectivity index (χ3v) is 4.34. The van der Waals surface area contributed by atoms with Crippen LogP contribution in [0.1, 0.15) is 47.5 Å². The van der Waals surface area contributed by atoms with Gasteiger partial charge in [0.15, 0.2) is 0 Å². The summed E-state index contributed by atoms with van der Waals surface area (Å²) in [5.41, 5.74) is 5.64. The Bertz CT molecular complexity index is 305. The van der Waals surface area contributed by atoms with E-state index in [1.165, 1.54) is 0 Å². The van der Waals surface area contributed by atoms with Crippen molar-refractivity contribution in [3.8, 4) is 0 Å². The molecule has 112 valence electrons. The van der Waals surface area contributed by atoms with Gasteiger partial charge in [0, 0.05) is 6.54 Å². The van der Waals surface area contributed by atoms with Gasteiger partial charge in [0.25, 0.3) is 0 Å². The smallest absolute Gasteiger partial charge is 0.226 e. The Morgan fingerprint density at radius 2 is 1.89 bits per heavy atom. The number of hydrogen-bond donors (Lipinski definition) is 2. The van der Waals surface area contributed by atoms with Crippen molar-refractivity contribution >= 4 is 5.91 Å². The number of rotatable bonds is 6. The van der Waals surface area contributed by atoms with Crippen molar-refractivity contribution < 1.29 is 9.53 Å². The van der Waals surface area contributed by atoms with Gasteiger partial charge in [0.2, 0.25) is 5.91 Å². The van der Waals surface area contributed by atoms with Gasteiger partial charge in [-0.25, -0.2) is 0 Å². The number of hydrogen-bond acceptors (Lipinski definition) is 3. The van der Waals surface area contributed by atoms with E-state index in [1.807, 2.05) is 13.8 Å². The molecular weight excluding hydrogens is 240 g/mol. The zero-order valence-electron chi connectivity index (χ0n) is 13.0. The maximum atomic E-state index is 12.3. The van der Waals surface area contributed by atoms with Crippen LogP contribution in [0.4, 0.5) is 0 Å². The Balaban J connectivity index is 2.47. The Morgan fingerprint density at radius 1 is 1.26 bits per heavy atom. The van der Waals surface area contributed by atoms with Gasteiger partial charge in [-0.05, 0) is 44.6 Å². The maximum absolute atomic E-state index is 12.3. The molecule has 0 aliphatic carbocycles. The highest BCUT2D eigenvalue weighted by Gasteiger charge is 2.41. The van der Waals surface area contributed by atoms with Crippen LogP contribution in [0.2, 0.25) is 0 Å². The Kier molecular flexibility index (Phi) is 5.81. The number of amides is 1. The van der Waals surface area contributed by atoms with Gasteiger partial charge in [0.1, 0.15) is 0 Å². The topological polar surface area (TPSA) is 64.3 Å². The van der Waals surface area contributed by atoms with Crippen LogP contribution in [-0.4, -0.2) is 31.2 Å². The number of carbonyl (C=O) groups is 1. The zero-order chi connectivity index (χ0) is 14.6. The molecule has 1 rings (SSSR count). The van der Waals surface area contributed by atoms with Crippen LogP contribution in [0.25, 0.3) is 0 Å². The number of nitrogens with two attached hydrogens (primary N) is 1. The molecule has 4 atom stereocenters. The summed E-state index contributed by atoms with van der Waals surface area (Å²) in [6.07, 6.45) is 2.21. The number of carbonyl (C=O) groups excluding carboxylic acids is 1. The minimum absolute atomic E-state index is 0.0113. The van der Waals surface area contributed by atoms with Gasteiger partial charge in [-0.2, -0.15) is 0 Å². The maximum Gasteiger partial charge on any atom is 0.226 e. The summed E-state index contributed by atoms with van der Waals surface area (Å²) in [6.45, 7) is 11.9. The van der Waals surface area contributed by atoms with Gasteiger partial charge < -0.3 is 15.8 Å². The number of nitrogens with one attached hydrogen (secondary N) is 1. The van der Waals surface area contributed by atoms with Crippen LogP contribution >= 0.6 is 0 Å². The van der Waals surface area contributed by atoms with Crippen LogP contribution in [0.5, 0.6) is 0 Å². The molecule has 4 heteroatoms. The van der Waals surface area contributed by atoms with Gasteiger partial charge in [-0.15, -0.1) is 0 Å². The second-order valence-electron chi connectivity index (χ2n) is 6.71. The lowest BCUT2D eigenvalue weighted by atomic mass is 9.86. The minimum Gasteiger partial charge on any atom is -0.374 e. The SMILES string of the molecule is CC1OC(C)C(C(=O)NCC(C)(C)CCCN)C1C. The summed E-state index contributed by atoms with van der Waals surface area (Å²) in [4.78, 5) is 12.3. The first-order chi connectivity index (χ1) is 8.78. The van der Waals surface area contributed by atoms with Crippen molar-refractivity contribution in [1.82, 2.24) is 5.32 Å². The predicted molar refractivity (Wildman–Crippen MR) is 77.7 cm³/mol. The largest absolute Gasteiger partial charge is 0.374 e. The van der Waals surface area contributed by atoms with E-state index >= 15 is 0 Å². The quantitative estimate of drug-likeness (QED) is 0.775. The lowest BCUT2D eigenvalue weighted by Crippen LogP contribution is -2.41. The Labute approximate surface area is 117 Å². The highest BCUT2D eigenvalue weighted by Crippen LogP contribution is 2.32. The molecule has 4 unspecified atom stereocenters. The molecular formula is C15H30N2O2. The third kappa shape index (κ3) is 4.46. The number of ether oxygens (including phenoxy) is 1. The predicted octanol–water partition coefficient (Wildman–Crippen LogP) is 1.93. The molecule has 1 amide bonds. The molecule has 1 heterocycles. The normalized spacial score (nSPS) is 31.5. The lowest BCUT2D eigenvalue weighted by molar-refractivity contribution is -0.127. The van der Waals surface area contributed by atoms with E-state index in [4.69, 9.17) is 10.5 Å². The summed E-state index contributed by atoms with van der Waals surface area (Å²) >= 11 is 0. The molecule has 0 radical (unpaired) electrons. The molecule has 0 aromatic heterocycles. The van der Waals surface area contributed by atoms with Gasteiger partial charge in [-0.3, -0.25) is 4.79 Å². The highest BCUT2D eigenvalue weighted by atomic mass is 16.5. The summed E-state index contributed by atoms with van der Waals surface area (Å²) < 4.78 is 5.73. The molecule has 4 nitrogen and oxygen atoms in total. The molecule has 19 heavy (non-hydrogen) atoms. The first-order valence-electron chi connectivity index (χ1n) is 7.42. The van der Waals surface area contributed by atoms with Gasteiger partial charge in [-0.1, -0.05) is 20.8 Å². The monoisotopic (exact) mass is 270 g/mol. The van der Waals surface area contributed by atoms with E-state index in [0.717, 1.165) is 12.8 Å². The van der Waals surface area contributed by atoms with Crippen molar-refractivity contribution in [2.24, 2.45) is 23.0 Å². The standard InChI is InChI=1S/C15H30N2O2/c1-10-11(2)19-12(3)13(10)14(18)17-9-15(4,5)7-6-8-16/h10-13H,6-9,16H2,1-5H3,(H,17,18). The second-order valence-corrected chi connectivity index (χ2v) is 6.71. The summed E-state index contributed by atoms with van der Waals surface area (Å²) in [7, 11) is 0. The van der Waals surface area contributed by atoms with Crippen molar-refractivity contribution in [2.45, 2.75) is 59.7 Å². The molecule has 0 spiro atoms. The molecule has 0 aromatic carbocycles. The van der Waals surface area contributed by atoms with E-state index in [9.17, 15) is 4.79 Å². The molecule has 0 saturated carbocycles. The zero-order valence-corrected chi connectivity index (χ0v) is 13.0. The fraction of sp³-hybridized carbons (Fsp3) is 0.933. The van der Waals surface area contributed by atoms with Crippen LogP contribution in [0.3, 0.4) is 0 Å². The third-order valence-electron chi connectivity index (χ3n) is 4.34. The summed E-state index contributed by atoms with van der Waals surface area (Å²) in [5, 5.41) is 3.10. The minimum atomic E-state index is -0.0275. The fourth-order valence-electron chi connectivity index (χ4n) is 2.83. The molecule has 3 N–H and O–H groups in total. The molecule has 1 aliphatic rings. The van der Waals surface area contributed by atoms with Crippen molar-refractivity contribution in [3.05, 3.63) is 0 Å². The summed E-state index contributed by atoms with van der Waals surface area (Å²) in [6, 6.07) is 0. The first kappa shape index (κ1) is 16.4. The van der Waals surface area contributed by atoms with Gasteiger partial charge in [0.05, 0.1) is 18.1 Å². The molecule has 1 fully saturated rings. The van der Waals surface area contributed by atoms with E-state index in [1.54, 1.807) is 0 Å². The van der Waals surface area contributed by atoms with E-state index < -0.39 is 0 Å². The second kappa shape index (κ2) is 6.71. The molecule has 1 saturated heterocycles. The summed E-state index contributed by atoms with van der Waals surface area (Å²) in [5.74, 6) is 0.382. The molecule has 1 aliphatic heterocycles. The van der Waals surface area contributed by atoms with Crippen molar-refractivity contribution in [1.29, 1.82) is 0 Å². The van der Waals surface area contributed by atoms with Crippen LogP contribution in [0, 0.1) is 17.3 Å². The van der Waals surface area contributed by atoms with Gasteiger partial charge >= 0.3 is 0 Å². The van der Waals surface area contributed by atoms with E-state index in [0.29, 0.717) is 13.1 Å². The Morgan fingerprint density at radius 3 is 2.37 bits per heavy atom. The van der Waals surface area contributed by atoms with Crippen molar-refractivity contribution in [2.75, 3.05) is 13.1 Å². The first-order valence-corrected chi connectivity index (χ1v) is 7.42. The van der Waals surface area contributed by atoms with E-state index in [2.05, 4.69) is 26.1 Å². The average Bonchev–Trinajstić information content (AvgIpc) is 2.58. The lowest BCUT2D eigenvalue weighted by Gasteiger charge is -2.26. The fourth-order valence-corrected chi connectivity index (χ4v) is 2.83. The van der Waals surface area contributed by atoms with Crippen molar-refractivity contribution in [3.63, 3.8) is 0 Å². The van der Waals surface area contributed by atoms with Crippen LogP contribution in [-0.2, 0) is 9.53 Å². The van der Waals surface area contributed by atoms with E-state index in [-0.39, 0.29) is 35.4 Å².